The van der Waals surface area contributed by atoms with E-state index in [9.17, 15) is 9.18 Å². The highest BCUT2D eigenvalue weighted by Gasteiger charge is 2.15. The Morgan fingerprint density at radius 3 is 2.77 bits per heavy atom. The molecule has 1 fully saturated rings. The number of carbonyl (C=O) groups is 1. The minimum atomic E-state index is -0.281. The number of ether oxygens (including phenoxy) is 1. The zero-order valence-corrected chi connectivity index (χ0v) is 14.9. The second-order valence-electron chi connectivity index (χ2n) is 6.37. The number of rotatable bonds is 7. The standard InChI is InChI=1S/C18H24FN5O2/c1-14(15-3-5-16(19)6-4-15)24-13-17(21-22-24)18(25)20-7-2-8-23-9-11-26-12-10-23/h3-6,13-14H,2,7-12H2,1H3,(H,20,25)/t14-/m0/s1. The van der Waals surface area contributed by atoms with E-state index in [4.69, 9.17) is 4.74 Å². The van der Waals surface area contributed by atoms with Crippen molar-refractivity contribution in [2.75, 3.05) is 39.4 Å². The third-order valence-electron chi connectivity index (χ3n) is 4.53. The van der Waals surface area contributed by atoms with Crippen LogP contribution in [0.4, 0.5) is 4.39 Å². The summed E-state index contributed by atoms with van der Waals surface area (Å²) in [5, 5.41) is 10.9. The third-order valence-corrected chi connectivity index (χ3v) is 4.53. The topological polar surface area (TPSA) is 72.3 Å². The predicted octanol–water partition coefficient (Wildman–Crippen LogP) is 1.48. The van der Waals surface area contributed by atoms with Crippen LogP contribution in [0.1, 0.15) is 35.4 Å². The monoisotopic (exact) mass is 361 g/mol. The lowest BCUT2D eigenvalue weighted by molar-refractivity contribution is 0.0374. The van der Waals surface area contributed by atoms with Crippen LogP contribution in [0, 0.1) is 5.82 Å². The van der Waals surface area contributed by atoms with Crippen molar-refractivity contribution in [3.63, 3.8) is 0 Å². The first kappa shape index (κ1) is 18.5. The molecular weight excluding hydrogens is 337 g/mol. The molecular formula is C18H24FN5O2. The summed E-state index contributed by atoms with van der Waals surface area (Å²) in [6.45, 7) is 6.91. The van der Waals surface area contributed by atoms with Crippen LogP contribution in [-0.4, -0.2) is 65.2 Å². The molecule has 1 saturated heterocycles. The Morgan fingerprint density at radius 2 is 2.04 bits per heavy atom. The fourth-order valence-corrected chi connectivity index (χ4v) is 2.88. The highest BCUT2D eigenvalue weighted by Crippen LogP contribution is 2.17. The average Bonchev–Trinajstić information content (AvgIpc) is 3.16. The van der Waals surface area contributed by atoms with Gasteiger partial charge in [-0.2, -0.15) is 0 Å². The van der Waals surface area contributed by atoms with Gasteiger partial charge >= 0.3 is 0 Å². The van der Waals surface area contributed by atoms with Crippen LogP contribution in [0.5, 0.6) is 0 Å². The van der Waals surface area contributed by atoms with Crippen LogP contribution in [0.3, 0.4) is 0 Å². The van der Waals surface area contributed by atoms with E-state index >= 15 is 0 Å². The Hall–Kier alpha value is -2.32. The van der Waals surface area contributed by atoms with Gasteiger partial charge in [-0.1, -0.05) is 17.3 Å². The number of morpholine rings is 1. The summed E-state index contributed by atoms with van der Waals surface area (Å²) in [7, 11) is 0. The largest absolute Gasteiger partial charge is 0.379 e. The summed E-state index contributed by atoms with van der Waals surface area (Å²) in [5.74, 6) is -0.513. The molecule has 26 heavy (non-hydrogen) atoms. The Bertz CT molecular complexity index is 713. The van der Waals surface area contributed by atoms with Crippen molar-refractivity contribution in [1.29, 1.82) is 0 Å². The molecule has 2 heterocycles. The van der Waals surface area contributed by atoms with E-state index < -0.39 is 0 Å². The maximum atomic E-state index is 13.0. The Labute approximate surface area is 152 Å². The summed E-state index contributed by atoms with van der Waals surface area (Å²) in [6, 6.07) is 6.08. The quantitative estimate of drug-likeness (QED) is 0.757. The summed E-state index contributed by atoms with van der Waals surface area (Å²) < 4.78 is 20.0. The lowest BCUT2D eigenvalue weighted by Crippen LogP contribution is -2.38. The van der Waals surface area contributed by atoms with E-state index in [0.717, 1.165) is 44.8 Å². The van der Waals surface area contributed by atoms with Crippen molar-refractivity contribution in [3.05, 3.63) is 47.5 Å². The summed E-state index contributed by atoms with van der Waals surface area (Å²) in [6.07, 6.45) is 2.50. The zero-order valence-electron chi connectivity index (χ0n) is 14.9. The third kappa shape index (κ3) is 4.86. The van der Waals surface area contributed by atoms with E-state index in [0.29, 0.717) is 6.54 Å². The molecule has 2 aromatic rings. The minimum absolute atomic E-state index is 0.133. The first-order chi connectivity index (χ1) is 12.6. The van der Waals surface area contributed by atoms with E-state index in [1.54, 1.807) is 23.0 Å². The van der Waals surface area contributed by atoms with Crippen LogP contribution in [0.25, 0.3) is 0 Å². The molecule has 1 amide bonds. The maximum absolute atomic E-state index is 13.0. The van der Waals surface area contributed by atoms with Crippen molar-refractivity contribution < 1.29 is 13.9 Å². The molecule has 0 unspecified atom stereocenters. The van der Waals surface area contributed by atoms with Crippen molar-refractivity contribution in [1.82, 2.24) is 25.2 Å². The van der Waals surface area contributed by atoms with E-state index in [2.05, 4.69) is 20.5 Å². The number of carbonyl (C=O) groups excluding carboxylic acids is 1. The molecule has 7 nitrogen and oxygen atoms in total. The van der Waals surface area contributed by atoms with E-state index in [1.165, 1.54) is 12.1 Å². The number of halogens is 1. The Morgan fingerprint density at radius 1 is 1.31 bits per heavy atom. The molecule has 1 atom stereocenters. The van der Waals surface area contributed by atoms with Crippen LogP contribution >= 0.6 is 0 Å². The number of hydrogen-bond donors (Lipinski definition) is 1. The normalized spacial score (nSPS) is 16.4. The van der Waals surface area contributed by atoms with Gasteiger partial charge in [0.15, 0.2) is 5.69 Å². The number of hydrogen-bond acceptors (Lipinski definition) is 5. The minimum Gasteiger partial charge on any atom is -0.379 e. The van der Waals surface area contributed by atoms with Gasteiger partial charge in [-0.05, 0) is 37.6 Å². The van der Waals surface area contributed by atoms with Crippen molar-refractivity contribution in [3.8, 4) is 0 Å². The lowest BCUT2D eigenvalue weighted by Gasteiger charge is -2.26. The summed E-state index contributed by atoms with van der Waals surface area (Å²) in [4.78, 5) is 14.5. The Balaban J connectivity index is 1.47. The highest BCUT2D eigenvalue weighted by molar-refractivity contribution is 5.91. The Kier molecular flexibility index (Phi) is 6.30. The molecule has 1 aliphatic heterocycles. The van der Waals surface area contributed by atoms with Crippen LogP contribution in [-0.2, 0) is 4.74 Å². The average molecular weight is 361 g/mol. The van der Waals surface area contributed by atoms with Crippen LogP contribution in [0.2, 0.25) is 0 Å². The SMILES string of the molecule is C[C@@H](c1ccc(F)cc1)n1cc(C(=O)NCCCN2CCOCC2)nn1. The molecule has 0 radical (unpaired) electrons. The van der Waals surface area contributed by atoms with Gasteiger partial charge in [0.05, 0.1) is 25.5 Å². The molecule has 8 heteroatoms. The number of benzene rings is 1. The lowest BCUT2D eigenvalue weighted by atomic mass is 10.1. The van der Waals surface area contributed by atoms with Gasteiger partial charge in [0, 0.05) is 19.6 Å². The summed E-state index contributed by atoms with van der Waals surface area (Å²) in [5.41, 5.74) is 1.18. The zero-order chi connectivity index (χ0) is 18.4. The van der Waals surface area contributed by atoms with Crippen LogP contribution < -0.4 is 5.32 Å². The molecule has 1 N–H and O–H groups in total. The molecule has 0 aliphatic carbocycles. The molecule has 0 spiro atoms. The fraction of sp³-hybridized carbons (Fsp3) is 0.500. The van der Waals surface area contributed by atoms with Crippen molar-refractivity contribution in [2.45, 2.75) is 19.4 Å². The van der Waals surface area contributed by atoms with Gasteiger partial charge in [-0.25, -0.2) is 9.07 Å². The number of aromatic nitrogens is 3. The van der Waals surface area contributed by atoms with Gasteiger partial charge < -0.3 is 10.1 Å². The number of amides is 1. The molecule has 0 saturated carbocycles. The van der Waals surface area contributed by atoms with Gasteiger partial charge in [0.1, 0.15) is 5.82 Å². The maximum Gasteiger partial charge on any atom is 0.273 e. The number of nitrogens with one attached hydrogen (secondary N) is 1. The molecule has 0 bridgehead atoms. The van der Waals surface area contributed by atoms with E-state index in [1.807, 2.05) is 6.92 Å². The van der Waals surface area contributed by atoms with Crippen molar-refractivity contribution in [2.24, 2.45) is 0 Å². The molecule has 1 aliphatic rings. The molecule has 3 rings (SSSR count). The summed E-state index contributed by atoms with van der Waals surface area (Å²) >= 11 is 0. The van der Waals surface area contributed by atoms with Gasteiger partial charge in [-0.15, -0.1) is 5.10 Å². The number of nitrogens with zero attached hydrogens (tertiary/aromatic N) is 4. The molecule has 1 aromatic heterocycles. The molecule has 1 aromatic carbocycles. The van der Waals surface area contributed by atoms with Gasteiger partial charge in [0.2, 0.25) is 0 Å². The fourth-order valence-electron chi connectivity index (χ4n) is 2.88. The first-order valence-electron chi connectivity index (χ1n) is 8.89. The van der Waals surface area contributed by atoms with Crippen LogP contribution in [0.15, 0.2) is 30.5 Å². The van der Waals surface area contributed by atoms with Crippen molar-refractivity contribution >= 4 is 5.91 Å². The first-order valence-corrected chi connectivity index (χ1v) is 8.89. The highest BCUT2D eigenvalue weighted by atomic mass is 19.1. The predicted molar refractivity (Wildman–Crippen MR) is 94.4 cm³/mol. The van der Waals surface area contributed by atoms with Gasteiger partial charge in [0.25, 0.3) is 5.91 Å². The second-order valence-corrected chi connectivity index (χ2v) is 6.37. The smallest absolute Gasteiger partial charge is 0.273 e. The second kappa shape index (κ2) is 8.86. The molecule has 140 valence electrons. The van der Waals surface area contributed by atoms with Gasteiger partial charge in [-0.3, -0.25) is 9.69 Å². The van der Waals surface area contributed by atoms with E-state index in [-0.39, 0.29) is 23.5 Å².